The van der Waals surface area contributed by atoms with Gasteiger partial charge in [0.1, 0.15) is 11.4 Å². The second-order valence-electron chi connectivity index (χ2n) is 5.41. The first-order chi connectivity index (χ1) is 13.1. The maximum absolute atomic E-state index is 12.6. The van der Waals surface area contributed by atoms with Gasteiger partial charge in [0.2, 0.25) is 0 Å². The summed E-state index contributed by atoms with van der Waals surface area (Å²) in [6.45, 7) is 0. The molecule has 138 valence electrons. The van der Waals surface area contributed by atoms with E-state index in [4.69, 9.17) is 16.3 Å². The second-order valence-corrected chi connectivity index (χ2v) is 7.62. The lowest BCUT2D eigenvalue weighted by Gasteiger charge is -2.08. The summed E-state index contributed by atoms with van der Waals surface area (Å²) in [5.74, 6) is 1.00. The molecule has 0 aliphatic rings. The van der Waals surface area contributed by atoms with Gasteiger partial charge < -0.3 is 10.1 Å². The zero-order valence-corrected chi connectivity index (χ0v) is 17.4. The first kappa shape index (κ1) is 19.7. The van der Waals surface area contributed by atoms with Crippen LogP contribution < -0.4 is 10.1 Å². The van der Waals surface area contributed by atoms with Gasteiger partial charge in [-0.25, -0.2) is 9.97 Å². The number of rotatable bonds is 6. The number of thioether (sulfide) groups is 1. The molecule has 5 nitrogen and oxygen atoms in total. The van der Waals surface area contributed by atoms with E-state index in [2.05, 4.69) is 31.2 Å². The summed E-state index contributed by atoms with van der Waals surface area (Å²) in [6, 6.07) is 14.7. The van der Waals surface area contributed by atoms with Gasteiger partial charge in [-0.3, -0.25) is 4.79 Å². The Hall–Kier alpha value is -2.09. The van der Waals surface area contributed by atoms with Crippen LogP contribution in [0.5, 0.6) is 5.75 Å². The number of carbonyl (C=O) groups excluding carboxylic acids is 1. The fraction of sp³-hybridized carbons (Fsp3) is 0.105. The molecule has 8 heteroatoms. The molecule has 1 aromatic heterocycles. The molecular formula is C19H15BrClN3O2S. The molecule has 0 bridgehead atoms. The fourth-order valence-corrected chi connectivity index (χ4v) is 3.67. The van der Waals surface area contributed by atoms with Crippen molar-refractivity contribution in [1.82, 2.24) is 9.97 Å². The van der Waals surface area contributed by atoms with Crippen molar-refractivity contribution < 1.29 is 9.53 Å². The maximum Gasteiger partial charge on any atom is 0.275 e. The lowest BCUT2D eigenvalue weighted by molar-refractivity contribution is 0.102. The highest BCUT2D eigenvalue weighted by molar-refractivity contribution is 9.10. The summed E-state index contributed by atoms with van der Waals surface area (Å²) < 4.78 is 5.64. The Morgan fingerprint density at radius 3 is 2.67 bits per heavy atom. The predicted molar refractivity (Wildman–Crippen MR) is 112 cm³/mol. The van der Waals surface area contributed by atoms with E-state index in [-0.39, 0.29) is 11.6 Å². The molecule has 0 saturated carbocycles. The van der Waals surface area contributed by atoms with Gasteiger partial charge in [0, 0.05) is 22.7 Å². The van der Waals surface area contributed by atoms with Gasteiger partial charge in [0.15, 0.2) is 5.16 Å². The quantitative estimate of drug-likeness (QED) is 0.388. The molecule has 0 saturated heterocycles. The molecule has 0 unspecified atom stereocenters. The van der Waals surface area contributed by atoms with E-state index in [1.54, 1.807) is 37.6 Å². The van der Waals surface area contributed by atoms with E-state index in [0.29, 0.717) is 26.1 Å². The number of nitrogens with zero attached hydrogens (tertiary/aromatic N) is 2. The van der Waals surface area contributed by atoms with E-state index in [0.717, 1.165) is 11.3 Å². The van der Waals surface area contributed by atoms with Gasteiger partial charge in [0.05, 0.1) is 11.6 Å². The fourth-order valence-electron chi connectivity index (χ4n) is 2.20. The minimum Gasteiger partial charge on any atom is -0.497 e. The number of amides is 1. The van der Waals surface area contributed by atoms with Gasteiger partial charge >= 0.3 is 0 Å². The van der Waals surface area contributed by atoms with Crippen LogP contribution in [0.3, 0.4) is 0 Å². The number of aromatic nitrogens is 2. The molecule has 0 aliphatic heterocycles. The third kappa shape index (κ3) is 5.22. The SMILES string of the molecule is COc1ccc(NC(=O)c2nc(SCc3ccccc3Cl)ncc2Br)cc1. The van der Waals surface area contributed by atoms with Crippen LogP contribution >= 0.6 is 39.3 Å². The number of anilines is 1. The average molecular weight is 465 g/mol. The highest BCUT2D eigenvalue weighted by atomic mass is 79.9. The van der Waals surface area contributed by atoms with E-state index in [9.17, 15) is 4.79 Å². The molecule has 0 spiro atoms. The predicted octanol–water partition coefficient (Wildman–Crippen LogP) is 5.45. The van der Waals surface area contributed by atoms with E-state index in [1.807, 2.05) is 24.3 Å². The van der Waals surface area contributed by atoms with Crippen molar-refractivity contribution in [2.75, 3.05) is 12.4 Å². The molecule has 0 aliphatic carbocycles. The van der Waals surface area contributed by atoms with E-state index in [1.165, 1.54) is 11.8 Å². The van der Waals surface area contributed by atoms with E-state index < -0.39 is 0 Å². The number of nitrogens with one attached hydrogen (secondary N) is 1. The normalized spacial score (nSPS) is 10.5. The zero-order chi connectivity index (χ0) is 19.2. The third-order valence-corrected chi connectivity index (χ3v) is 5.46. The average Bonchev–Trinajstić information content (AvgIpc) is 2.69. The van der Waals surface area contributed by atoms with Crippen LogP contribution in [0.2, 0.25) is 5.02 Å². The standard InChI is InChI=1S/C19H15BrClN3O2S/c1-26-14-8-6-13(7-9-14)23-18(25)17-15(20)10-22-19(24-17)27-11-12-4-2-3-5-16(12)21/h2-10H,11H2,1H3,(H,23,25). The number of benzene rings is 2. The summed E-state index contributed by atoms with van der Waals surface area (Å²) in [5.41, 5.74) is 1.90. The highest BCUT2D eigenvalue weighted by Crippen LogP contribution is 2.26. The van der Waals surface area contributed by atoms with Gasteiger partial charge in [-0.1, -0.05) is 41.6 Å². The van der Waals surface area contributed by atoms with Gasteiger partial charge in [0.25, 0.3) is 5.91 Å². The van der Waals surface area contributed by atoms with Crippen LogP contribution in [0.1, 0.15) is 16.1 Å². The topological polar surface area (TPSA) is 64.1 Å². The van der Waals surface area contributed by atoms with Gasteiger partial charge in [-0.2, -0.15) is 0 Å². The number of hydrogen-bond donors (Lipinski definition) is 1. The summed E-state index contributed by atoms with van der Waals surface area (Å²) >= 11 is 10.9. The van der Waals surface area contributed by atoms with Crippen LogP contribution in [-0.4, -0.2) is 23.0 Å². The Bertz CT molecular complexity index is 954. The molecule has 1 amide bonds. The maximum atomic E-state index is 12.6. The summed E-state index contributed by atoms with van der Waals surface area (Å²) in [4.78, 5) is 21.2. The minimum absolute atomic E-state index is 0.266. The molecule has 3 rings (SSSR count). The third-order valence-electron chi connectivity index (χ3n) is 3.60. The molecule has 0 radical (unpaired) electrons. The molecule has 2 aromatic carbocycles. The first-order valence-corrected chi connectivity index (χ1v) is 10.1. The van der Waals surface area contributed by atoms with Crippen LogP contribution in [0.15, 0.2) is 64.4 Å². The lowest BCUT2D eigenvalue weighted by atomic mass is 10.2. The molecule has 0 atom stereocenters. The largest absolute Gasteiger partial charge is 0.497 e. The first-order valence-electron chi connectivity index (χ1n) is 7.91. The van der Waals surface area contributed by atoms with Crippen molar-refractivity contribution in [3.8, 4) is 5.75 Å². The molecule has 1 N–H and O–H groups in total. The monoisotopic (exact) mass is 463 g/mol. The summed E-state index contributed by atoms with van der Waals surface area (Å²) in [6.07, 6.45) is 1.57. The van der Waals surface area contributed by atoms with Crippen LogP contribution in [0, 0.1) is 0 Å². The molecular weight excluding hydrogens is 450 g/mol. The zero-order valence-electron chi connectivity index (χ0n) is 14.3. The van der Waals surface area contributed by atoms with E-state index >= 15 is 0 Å². The molecule has 1 heterocycles. The number of hydrogen-bond acceptors (Lipinski definition) is 5. The molecule has 3 aromatic rings. The van der Waals surface area contributed by atoms with Crippen LogP contribution in [0.4, 0.5) is 5.69 Å². The Kier molecular flexibility index (Phi) is 6.71. The number of carbonyl (C=O) groups is 1. The van der Waals surface area contributed by atoms with Crippen molar-refractivity contribution >= 4 is 50.9 Å². The minimum atomic E-state index is -0.325. The summed E-state index contributed by atoms with van der Waals surface area (Å²) in [5, 5.41) is 4.01. The summed E-state index contributed by atoms with van der Waals surface area (Å²) in [7, 11) is 1.59. The smallest absolute Gasteiger partial charge is 0.275 e. The van der Waals surface area contributed by atoms with Crippen molar-refractivity contribution in [3.63, 3.8) is 0 Å². The number of ether oxygens (including phenoxy) is 1. The Balaban J connectivity index is 1.72. The van der Waals surface area contributed by atoms with Crippen molar-refractivity contribution in [3.05, 3.63) is 75.5 Å². The highest BCUT2D eigenvalue weighted by Gasteiger charge is 2.15. The van der Waals surface area contributed by atoms with Crippen LogP contribution in [-0.2, 0) is 5.75 Å². The van der Waals surface area contributed by atoms with Crippen molar-refractivity contribution in [2.24, 2.45) is 0 Å². The lowest BCUT2D eigenvalue weighted by Crippen LogP contribution is -2.15. The number of halogens is 2. The number of methoxy groups -OCH3 is 1. The van der Waals surface area contributed by atoms with Gasteiger partial charge in [-0.15, -0.1) is 0 Å². The molecule has 0 fully saturated rings. The van der Waals surface area contributed by atoms with Crippen molar-refractivity contribution in [1.29, 1.82) is 0 Å². The Morgan fingerprint density at radius 2 is 1.96 bits per heavy atom. The van der Waals surface area contributed by atoms with Crippen LogP contribution in [0.25, 0.3) is 0 Å². The van der Waals surface area contributed by atoms with Crippen molar-refractivity contribution in [2.45, 2.75) is 10.9 Å². The molecule has 27 heavy (non-hydrogen) atoms. The Morgan fingerprint density at radius 1 is 1.22 bits per heavy atom. The Labute approximate surface area is 174 Å². The van der Waals surface area contributed by atoms with Gasteiger partial charge in [-0.05, 0) is 51.8 Å². The second kappa shape index (κ2) is 9.21.